The van der Waals surface area contributed by atoms with Crippen LogP contribution in [0.2, 0.25) is 0 Å². The van der Waals surface area contributed by atoms with Gasteiger partial charge in [0.25, 0.3) is 5.91 Å². The Labute approximate surface area is 212 Å². The average Bonchev–Trinajstić information content (AvgIpc) is 3.14. The summed E-state index contributed by atoms with van der Waals surface area (Å²) in [6.07, 6.45) is -3.89. The van der Waals surface area contributed by atoms with Crippen molar-refractivity contribution in [2.75, 3.05) is 11.9 Å². The Hall–Kier alpha value is -3.95. The van der Waals surface area contributed by atoms with Crippen molar-refractivity contribution in [3.63, 3.8) is 0 Å². The van der Waals surface area contributed by atoms with Crippen LogP contribution in [0.25, 0.3) is 0 Å². The van der Waals surface area contributed by atoms with Crippen molar-refractivity contribution >= 4 is 11.6 Å². The molecule has 1 N–H and O–H groups in total. The highest BCUT2D eigenvalue weighted by molar-refractivity contribution is 5.94. The zero-order valence-corrected chi connectivity index (χ0v) is 20.8. The topological polar surface area (TPSA) is 78.9 Å². The molecule has 7 nitrogen and oxygen atoms in total. The summed E-state index contributed by atoms with van der Waals surface area (Å²) in [5, 5.41) is 2.86. The lowest BCUT2D eigenvalue weighted by atomic mass is 10.0. The van der Waals surface area contributed by atoms with Crippen molar-refractivity contribution < 1.29 is 36.9 Å². The average molecular weight is 517 g/mol. The summed E-state index contributed by atoms with van der Waals surface area (Å²) in [5.41, 5.74) is 0.322. The van der Waals surface area contributed by atoms with Gasteiger partial charge in [0, 0.05) is 36.0 Å². The van der Waals surface area contributed by atoms with Crippen LogP contribution in [-0.2, 0) is 17.4 Å². The largest absolute Gasteiger partial charge is 0.490 e. The van der Waals surface area contributed by atoms with E-state index < -0.39 is 17.8 Å². The summed E-state index contributed by atoms with van der Waals surface area (Å²) in [7, 11) is 0. The van der Waals surface area contributed by atoms with E-state index in [9.17, 15) is 18.0 Å². The van der Waals surface area contributed by atoms with E-state index in [0.29, 0.717) is 47.9 Å². The molecule has 0 saturated carbocycles. The molecule has 10 heteroatoms. The Morgan fingerprint density at radius 3 is 2.46 bits per heavy atom. The predicted molar refractivity (Wildman–Crippen MR) is 130 cm³/mol. The second-order valence-corrected chi connectivity index (χ2v) is 9.14. The molecule has 0 radical (unpaired) electrons. The van der Waals surface area contributed by atoms with E-state index in [4.69, 9.17) is 18.9 Å². The molecule has 2 heterocycles. The minimum Gasteiger partial charge on any atom is -0.490 e. The molecule has 0 aliphatic carbocycles. The van der Waals surface area contributed by atoms with Crippen molar-refractivity contribution in [2.45, 2.75) is 52.0 Å². The fourth-order valence-electron chi connectivity index (χ4n) is 3.83. The van der Waals surface area contributed by atoms with Crippen molar-refractivity contribution in [3.05, 3.63) is 65.9 Å². The Morgan fingerprint density at radius 2 is 1.84 bits per heavy atom. The number of halogens is 3. The van der Waals surface area contributed by atoms with Gasteiger partial charge in [0.2, 0.25) is 5.88 Å². The third-order valence-electron chi connectivity index (χ3n) is 5.49. The molecular weight excluding hydrogens is 489 g/mol. The number of aromatic nitrogens is 1. The third-order valence-corrected chi connectivity index (χ3v) is 5.49. The van der Waals surface area contributed by atoms with Crippen LogP contribution in [0, 0.1) is 0 Å². The van der Waals surface area contributed by atoms with Gasteiger partial charge in [-0.2, -0.15) is 13.2 Å². The number of hydrogen-bond acceptors (Lipinski definition) is 6. The van der Waals surface area contributed by atoms with Gasteiger partial charge in [0.15, 0.2) is 17.6 Å². The van der Waals surface area contributed by atoms with Crippen molar-refractivity contribution in [3.8, 4) is 28.9 Å². The van der Waals surface area contributed by atoms with Gasteiger partial charge in [0.05, 0.1) is 12.2 Å². The van der Waals surface area contributed by atoms with Gasteiger partial charge in [-0.05, 0) is 64.1 Å². The molecule has 2 aromatic carbocycles. The fraction of sp³-hybridized carbons (Fsp3) is 0.333. The molecule has 37 heavy (non-hydrogen) atoms. The van der Waals surface area contributed by atoms with E-state index in [-0.39, 0.29) is 17.4 Å². The smallest absolute Gasteiger partial charge is 0.417 e. The highest BCUT2D eigenvalue weighted by Gasteiger charge is 2.33. The van der Waals surface area contributed by atoms with E-state index >= 15 is 0 Å². The molecule has 1 amide bonds. The second kappa shape index (κ2) is 10.2. The molecule has 0 spiro atoms. The lowest BCUT2D eigenvalue weighted by Crippen LogP contribution is -2.30. The molecule has 0 unspecified atom stereocenters. The zero-order chi connectivity index (χ0) is 26.8. The van der Waals surface area contributed by atoms with E-state index in [0.717, 1.165) is 17.7 Å². The van der Waals surface area contributed by atoms with Crippen LogP contribution in [0.3, 0.4) is 0 Å². The number of carbonyl (C=O) groups is 1. The van der Waals surface area contributed by atoms with Gasteiger partial charge < -0.3 is 24.3 Å². The van der Waals surface area contributed by atoms with Crippen LogP contribution in [0.15, 0.2) is 54.7 Å². The van der Waals surface area contributed by atoms with Crippen LogP contribution in [0.5, 0.6) is 28.9 Å². The summed E-state index contributed by atoms with van der Waals surface area (Å²) >= 11 is 0. The standard InChI is InChI=1S/C27H27F3N2O5/c1-5-34-22-13-19(12-17-14-26(3,4)37-24(17)22)32-25(33)16(2)35-20-7-9-21(10-8-20)36-23-11-6-18(15-31-23)27(28,29)30/h6-13,15-16H,5,14H2,1-4H3,(H,32,33)/t16-/m1/s1. The van der Waals surface area contributed by atoms with E-state index in [2.05, 4.69) is 10.3 Å². The molecular formula is C27H27F3N2O5. The molecule has 3 aromatic rings. The maximum Gasteiger partial charge on any atom is 0.417 e. The second-order valence-electron chi connectivity index (χ2n) is 9.14. The first kappa shape index (κ1) is 26.1. The number of nitrogens with one attached hydrogen (secondary N) is 1. The molecule has 196 valence electrons. The van der Waals surface area contributed by atoms with Crippen molar-refractivity contribution in [1.82, 2.24) is 4.98 Å². The lowest BCUT2D eigenvalue weighted by Gasteiger charge is -2.18. The number of nitrogens with zero attached hydrogens (tertiary/aromatic N) is 1. The van der Waals surface area contributed by atoms with Gasteiger partial charge in [-0.15, -0.1) is 0 Å². The Kier molecular flexibility index (Phi) is 7.20. The highest BCUT2D eigenvalue weighted by Crippen LogP contribution is 2.44. The number of ether oxygens (including phenoxy) is 4. The predicted octanol–water partition coefficient (Wildman–Crippen LogP) is 6.41. The number of carbonyl (C=O) groups excluding carboxylic acids is 1. The Morgan fingerprint density at radius 1 is 1.14 bits per heavy atom. The first-order valence-corrected chi connectivity index (χ1v) is 11.7. The normalized spacial score (nSPS) is 14.8. The van der Waals surface area contributed by atoms with Crippen LogP contribution >= 0.6 is 0 Å². The summed E-state index contributed by atoms with van der Waals surface area (Å²) < 4.78 is 61.0. The number of benzene rings is 2. The lowest BCUT2D eigenvalue weighted by molar-refractivity contribution is -0.137. The van der Waals surface area contributed by atoms with Gasteiger partial charge in [-0.3, -0.25) is 4.79 Å². The number of alkyl halides is 3. The van der Waals surface area contributed by atoms with Crippen molar-refractivity contribution in [1.29, 1.82) is 0 Å². The van der Waals surface area contributed by atoms with Crippen LogP contribution in [-0.4, -0.2) is 29.2 Å². The molecule has 0 bridgehead atoms. The highest BCUT2D eigenvalue weighted by atomic mass is 19.4. The van der Waals surface area contributed by atoms with E-state index in [1.165, 1.54) is 0 Å². The first-order valence-electron chi connectivity index (χ1n) is 11.7. The summed E-state index contributed by atoms with van der Waals surface area (Å²) in [4.78, 5) is 16.5. The van der Waals surface area contributed by atoms with E-state index in [1.807, 2.05) is 26.8 Å². The number of pyridine rings is 1. The van der Waals surface area contributed by atoms with E-state index in [1.54, 1.807) is 37.3 Å². The minimum atomic E-state index is -4.47. The number of hydrogen-bond donors (Lipinski definition) is 1. The number of amides is 1. The first-order chi connectivity index (χ1) is 17.4. The number of anilines is 1. The molecule has 1 aromatic heterocycles. The molecule has 0 saturated heterocycles. The summed E-state index contributed by atoms with van der Waals surface area (Å²) in [6, 6.07) is 12.0. The quantitative estimate of drug-likeness (QED) is 0.373. The van der Waals surface area contributed by atoms with Gasteiger partial charge in [0.1, 0.15) is 17.1 Å². The molecule has 1 aliphatic rings. The fourth-order valence-corrected chi connectivity index (χ4v) is 3.83. The van der Waals surface area contributed by atoms with Crippen LogP contribution < -0.4 is 24.3 Å². The molecule has 4 rings (SSSR count). The summed E-state index contributed by atoms with van der Waals surface area (Å²) in [5.74, 6) is 1.70. The molecule has 0 fully saturated rings. The van der Waals surface area contributed by atoms with Gasteiger partial charge in [-0.25, -0.2) is 4.98 Å². The van der Waals surface area contributed by atoms with Gasteiger partial charge >= 0.3 is 6.18 Å². The maximum absolute atomic E-state index is 12.8. The van der Waals surface area contributed by atoms with Crippen molar-refractivity contribution in [2.24, 2.45) is 0 Å². The SMILES string of the molecule is CCOc1cc(NC(=O)[C@@H](C)Oc2ccc(Oc3ccc(C(F)(F)F)cn3)cc2)cc2c1OC(C)(C)C2. The Bertz CT molecular complexity index is 1260. The summed E-state index contributed by atoms with van der Waals surface area (Å²) in [6.45, 7) is 7.95. The number of rotatable bonds is 8. The Balaban J connectivity index is 1.36. The minimum absolute atomic E-state index is 0.0176. The third kappa shape index (κ3) is 6.44. The molecule has 1 aliphatic heterocycles. The number of fused-ring (bicyclic) bond motifs is 1. The van der Waals surface area contributed by atoms with Crippen LogP contribution in [0.1, 0.15) is 38.8 Å². The zero-order valence-electron chi connectivity index (χ0n) is 20.8. The molecule has 1 atom stereocenters. The maximum atomic E-state index is 12.8. The monoisotopic (exact) mass is 516 g/mol. The van der Waals surface area contributed by atoms with Gasteiger partial charge in [-0.1, -0.05) is 0 Å². The van der Waals surface area contributed by atoms with Crippen LogP contribution in [0.4, 0.5) is 18.9 Å².